The summed E-state index contributed by atoms with van der Waals surface area (Å²) in [6, 6.07) is 6.55. The maximum absolute atomic E-state index is 17.0. The molecule has 8 nitrogen and oxygen atoms in total. The number of methoxy groups -OCH3 is 1. The van der Waals surface area contributed by atoms with Gasteiger partial charge in [0.05, 0.1) is 10.9 Å². The van der Waals surface area contributed by atoms with Gasteiger partial charge in [0.15, 0.2) is 12.6 Å². The summed E-state index contributed by atoms with van der Waals surface area (Å²) in [6.45, 7) is 8.85. The van der Waals surface area contributed by atoms with Crippen LogP contribution in [0.25, 0.3) is 32.9 Å². The molecular weight excluding hydrogens is 607 g/mol. The highest BCUT2D eigenvalue weighted by atomic mass is 19.1. The zero-order valence-electron chi connectivity index (χ0n) is 27.0. The first-order valence-electron chi connectivity index (χ1n) is 16.5. The largest absolute Gasteiger partial charge is 0.468 e. The van der Waals surface area contributed by atoms with Crippen molar-refractivity contribution in [2.75, 3.05) is 51.6 Å². The molecular formula is C36H40F3N5O3. The first kappa shape index (κ1) is 31.6. The molecule has 1 unspecified atom stereocenters. The second-order valence-corrected chi connectivity index (χ2v) is 13.0. The van der Waals surface area contributed by atoms with Crippen LogP contribution < -0.4 is 14.4 Å². The van der Waals surface area contributed by atoms with Gasteiger partial charge < -0.3 is 19.1 Å². The minimum atomic E-state index is -0.903. The summed E-state index contributed by atoms with van der Waals surface area (Å²) in [7, 11) is 1.51. The van der Waals surface area contributed by atoms with Crippen LogP contribution >= 0.6 is 0 Å². The Morgan fingerprint density at radius 3 is 2.77 bits per heavy atom. The summed E-state index contributed by atoms with van der Waals surface area (Å²) in [5.41, 5.74) is 1.66. The minimum Gasteiger partial charge on any atom is -0.468 e. The van der Waals surface area contributed by atoms with E-state index >= 15 is 8.78 Å². The molecule has 2 atom stereocenters. The first-order valence-corrected chi connectivity index (χ1v) is 16.5. The summed E-state index contributed by atoms with van der Waals surface area (Å²) < 4.78 is 63.8. The minimum absolute atomic E-state index is 0.0119. The van der Waals surface area contributed by atoms with Gasteiger partial charge in [0.1, 0.15) is 41.4 Å². The van der Waals surface area contributed by atoms with Crippen LogP contribution in [-0.4, -0.2) is 78.3 Å². The van der Waals surface area contributed by atoms with Gasteiger partial charge in [-0.3, -0.25) is 9.88 Å². The number of aromatic nitrogens is 3. The number of fused-ring (bicyclic) bond motifs is 3. The normalized spacial score (nSPS) is 21.9. The zero-order valence-corrected chi connectivity index (χ0v) is 27.0. The van der Waals surface area contributed by atoms with Crippen LogP contribution in [0, 0.1) is 11.6 Å². The molecule has 0 radical (unpaired) electrons. The van der Waals surface area contributed by atoms with Crippen molar-refractivity contribution in [2.45, 2.75) is 63.6 Å². The van der Waals surface area contributed by atoms with E-state index in [1.165, 1.54) is 13.2 Å². The number of hydrogen-bond acceptors (Lipinski definition) is 8. The molecule has 3 saturated heterocycles. The number of pyridine rings is 1. The van der Waals surface area contributed by atoms with E-state index in [1.54, 1.807) is 24.4 Å². The molecule has 0 spiro atoms. The average Bonchev–Trinajstić information content (AvgIpc) is 3.50. The van der Waals surface area contributed by atoms with E-state index < -0.39 is 17.5 Å². The van der Waals surface area contributed by atoms with Crippen LogP contribution in [-0.2, 0) is 11.2 Å². The molecule has 0 bridgehead atoms. The molecule has 0 aliphatic carbocycles. The lowest BCUT2D eigenvalue weighted by molar-refractivity contribution is 0.0512. The molecule has 3 fully saturated rings. The maximum atomic E-state index is 17.0. The topological polar surface area (TPSA) is 72.8 Å². The van der Waals surface area contributed by atoms with Crippen molar-refractivity contribution in [2.24, 2.45) is 0 Å². The molecule has 11 heteroatoms. The summed E-state index contributed by atoms with van der Waals surface area (Å²) in [4.78, 5) is 18.4. The van der Waals surface area contributed by atoms with Gasteiger partial charge in [-0.1, -0.05) is 25.1 Å². The van der Waals surface area contributed by atoms with Crippen molar-refractivity contribution >= 4 is 27.5 Å². The Morgan fingerprint density at radius 2 is 1.94 bits per heavy atom. The second kappa shape index (κ2) is 12.9. The highest BCUT2D eigenvalue weighted by Crippen LogP contribution is 2.42. The van der Waals surface area contributed by atoms with Gasteiger partial charge in [0.2, 0.25) is 0 Å². The van der Waals surface area contributed by atoms with Gasteiger partial charge in [-0.2, -0.15) is 9.97 Å². The predicted molar refractivity (Wildman–Crippen MR) is 176 cm³/mol. The smallest absolute Gasteiger partial charge is 0.319 e. The fraction of sp³-hybridized carbons (Fsp3) is 0.472. The number of alkyl halides is 1. The molecule has 0 amide bonds. The number of hydrogen-bond donors (Lipinski definition) is 0. The molecule has 2 aromatic heterocycles. The van der Waals surface area contributed by atoms with Crippen molar-refractivity contribution in [1.29, 1.82) is 0 Å². The quantitative estimate of drug-likeness (QED) is 0.140. The van der Waals surface area contributed by atoms with Crippen molar-refractivity contribution in [1.82, 2.24) is 19.9 Å². The number of aryl methyl sites for hydroxylation is 1. The molecule has 0 N–H and O–H groups in total. The Hall–Kier alpha value is -3.96. The Bertz CT molecular complexity index is 1840. The van der Waals surface area contributed by atoms with Gasteiger partial charge in [0.25, 0.3) is 0 Å². The Kier molecular flexibility index (Phi) is 8.69. The van der Waals surface area contributed by atoms with Crippen LogP contribution in [0.3, 0.4) is 0 Å². The Morgan fingerprint density at radius 1 is 1.06 bits per heavy atom. The molecule has 3 aliphatic heterocycles. The van der Waals surface area contributed by atoms with E-state index in [0.717, 1.165) is 44.2 Å². The maximum Gasteiger partial charge on any atom is 0.319 e. The van der Waals surface area contributed by atoms with Crippen molar-refractivity contribution in [3.63, 3.8) is 0 Å². The van der Waals surface area contributed by atoms with Crippen LogP contribution in [0.2, 0.25) is 0 Å². The fourth-order valence-electron chi connectivity index (χ4n) is 7.66. The first-order chi connectivity index (χ1) is 22.8. The molecule has 2 aromatic carbocycles. The number of nitrogens with zero attached hydrogens (tertiary/aromatic N) is 5. The standard InChI is InChI=1S/C36H40F3N5O3/c1-4-26-29(38)9-8-23-15-25(47-21-45-3)16-27(30(23)26)32-31(39)33-28(18-40-32)34(43-12-5-7-22(2)10-14-43)42-35(41-33)46-20-36-11-6-13-44(36)19-24(37)17-36/h8-9,15-16,18,24H,2,4-7,10-14,17,19-21H2,1,3H3/t24?,36-/m0/s1. The second-order valence-electron chi connectivity index (χ2n) is 13.0. The average molecular weight is 648 g/mol. The summed E-state index contributed by atoms with van der Waals surface area (Å²) in [5, 5.41) is 1.70. The lowest BCUT2D eigenvalue weighted by Crippen LogP contribution is -2.43. The third-order valence-corrected chi connectivity index (χ3v) is 9.96. The van der Waals surface area contributed by atoms with Gasteiger partial charge >= 0.3 is 6.01 Å². The highest BCUT2D eigenvalue weighted by Gasteiger charge is 2.49. The summed E-state index contributed by atoms with van der Waals surface area (Å²) in [6.07, 6.45) is 5.87. The van der Waals surface area contributed by atoms with Gasteiger partial charge in [0, 0.05) is 44.9 Å². The van der Waals surface area contributed by atoms with Gasteiger partial charge in [-0.15, -0.1) is 0 Å². The third kappa shape index (κ3) is 5.88. The lowest BCUT2D eigenvalue weighted by Gasteiger charge is -2.31. The molecule has 248 valence electrons. The monoisotopic (exact) mass is 647 g/mol. The highest BCUT2D eigenvalue weighted by molar-refractivity contribution is 6.01. The fourth-order valence-corrected chi connectivity index (χ4v) is 7.66. The zero-order chi connectivity index (χ0) is 32.7. The van der Waals surface area contributed by atoms with Gasteiger partial charge in [-0.05, 0) is 79.6 Å². The summed E-state index contributed by atoms with van der Waals surface area (Å²) in [5.74, 6) is -0.0731. The predicted octanol–water partition coefficient (Wildman–Crippen LogP) is 7.17. The number of ether oxygens (including phenoxy) is 3. The third-order valence-electron chi connectivity index (χ3n) is 9.96. The summed E-state index contributed by atoms with van der Waals surface area (Å²) >= 11 is 0. The molecule has 0 saturated carbocycles. The van der Waals surface area contributed by atoms with E-state index in [4.69, 9.17) is 19.2 Å². The van der Waals surface area contributed by atoms with Crippen LogP contribution in [0.4, 0.5) is 19.0 Å². The van der Waals surface area contributed by atoms with E-state index in [0.29, 0.717) is 71.3 Å². The van der Waals surface area contributed by atoms with E-state index in [9.17, 15) is 4.39 Å². The van der Waals surface area contributed by atoms with Gasteiger partial charge in [-0.25, -0.2) is 13.2 Å². The molecule has 7 rings (SSSR count). The number of benzene rings is 2. The Labute approximate surface area is 272 Å². The van der Waals surface area contributed by atoms with Crippen LogP contribution in [0.1, 0.15) is 51.0 Å². The van der Waals surface area contributed by atoms with E-state index in [-0.39, 0.29) is 36.4 Å². The number of anilines is 1. The van der Waals surface area contributed by atoms with E-state index in [1.807, 2.05) is 6.92 Å². The SMILES string of the molecule is C=C1CCCN(c2nc(OC[C@@]34CCCN3CC(F)C4)nc3c(F)c(-c4cc(OCOC)cc5ccc(F)c(CC)c45)ncc23)CC1. The molecule has 47 heavy (non-hydrogen) atoms. The number of rotatable bonds is 9. The van der Waals surface area contributed by atoms with Crippen LogP contribution in [0.5, 0.6) is 11.8 Å². The van der Waals surface area contributed by atoms with Crippen molar-refractivity contribution in [3.05, 3.63) is 59.8 Å². The van der Waals surface area contributed by atoms with Crippen molar-refractivity contribution < 1.29 is 27.4 Å². The Balaban J connectivity index is 1.38. The molecule has 5 heterocycles. The van der Waals surface area contributed by atoms with Crippen LogP contribution in [0.15, 0.2) is 42.6 Å². The molecule has 4 aromatic rings. The van der Waals surface area contributed by atoms with E-state index in [2.05, 4.69) is 26.3 Å². The lowest BCUT2D eigenvalue weighted by atomic mass is 9.94. The molecule has 3 aliphatic rings. The number of halogens is 3. The van der Waals surface area contributed by atoms with Crippen molar-refractivity contribution in [3.8, 4) is 23.0 Å².